The average molecular weight is 231 g/mol. The summed E-state index contributed by atoms with van der Waals surface area (Å²) in [6.07, 6.45) is 2.57. The molecule has 0 fully saturated rings. The molecule has 15 heavy (non-hydrogen) atoms. The Morgan fingerprint density at radius 3 is 2.80 bits per heavy atom. The van der Waals surface area contributed by atoms with Crippen molar-refractivity contribution in [2.75, 3.05) is 6.54 Å². The van der Waals surface area contributed by atoms with Crippen molar-refractivity contribution in [2.45, 2.75) is 45.2 Å². The Bertz CT molecular complexity index is 283. The minimum absolute atomic E-state index is 0.223. The van der Waals surface area contributed by atoms with Crippen LogP contribution in [0.2, 0.25) is 0 Å². The van der Waals surface area contributed by atoms with Crippen LogP contribution in [-0.4, -0.2) is 26.7 Å². The van der Waals surface area contributed by atoms with Crippen LogP contribution in [0.5, 0.6) is 0 Å². The van der Waals surface area contributed by atoms with Crippen LogP contribution in [0.3, 0.4) is 0 Å². The number of halogens is 1. The summed E-state index contributed by atoms with van der Waals surface area (Å²) >= 11 is 5.85. The summed E-state index contributed by atoms with van der Waals surface area (Å²) in [6.45, 7) is 7.86. The van der Waals surface area contributed by atoms with Gasteiger partial charge < -0.3 is 5.32 Å². The Kier molecular flexibility index (Phi) is 5.05. The lowest BCUT2D eigenvalue weighted by Crippen LogP contribution is -2.20. The van der Waals surface area contributed by atoms with Gasteiger partial charge in [0.1, 0.15) is 12.2 Å². The summed E-state index contributed by atoms with van der Waals surface area (Å²) in [5, 5.41) is 7.70. The lowest BCUT2D eigenvalue weighted by molar-refractivity contribution is 0.488. The van der Waals surface area contributed by atoms with Gasteiger partial charge in [-0.2, -0.15) is 5.10 Å². The minimum atomic E-state index is 0.223. The number of hydrogen-bond acceptors (Lipinski definition) is 3. The topological polar surface area (TPSA) is 42.7 Å². The maximum Gasteiger partial charge on any atom is 0.141 e. The van der Waals surface area contributed by atoms with E-state index in [1.807, 2.05) is 11.6 Å². The number of nitrogens with one attached hydrogen (secondary N) is 1. The van der Waals surface area contributed by atoms with E-state index in [0.717, 1.165) is 25.3 Å². The van der Waals surface area contributed by atoms with Gasteiger partial charge in [-0.1, -0.05) is 0 Å². The van der Waals surface area contributed by atoms with Crippen LogP contribution in [0.15, 0.2) is 6.33 Å². The Morgan fingerprint density at radius 1 is 1.47 bits per heavy atom. The molecular formula is C10H19ClN4. The zero-order chi connectivity index (χ0) is 11.3. The van der Waals surface area contributed by atoms with E-state index in [0.29, 0.717) is 6.04 Å². The fraction of sp³-hybridized carbons (Fsp3) is 0.800. The molecule has 0 amide bonds. The molecule has 1 atom stereocenters. The Balaban J connectivity index is 2.34. The van der Waals surface area contributed by atoms with E-state index < -0.39 is 0 Å². The summed E-state index contributed by atoms with van der Waals surface area (Å²) in [4.78, 5) is 4.21. The third kappa shape index (κ3) is 4.18. The second-order valence-corrected chi connectivity index (χ2v) is 4.71. The highest BCUT2D eigenvalue weighted by atomic mass is 35.5. The molecule has 0 spiro atoms. The summed E-state index contributed by atoms with van der Waals surface area (Å²) < 4.78 is 1.93. The van der Waals surface area contributed by atoms with Gasteiger partial charge in [-0.3, -0.25) is 0 Å². The standard InChI is InChI=1S/C10H19ClN4/c1-8(2)15-10(13-7-14-15)6-12-5-4-9(3)11/h7-9,12H,4-6H2,1-3H3. The molecule has 1 heterocycles. The molecule has 86 valence electrons. The van der Waals surface area contributed by atoms with Crippen molar-refractivity contribution in [1.82, 2.24) is 20.1 Å². The van der Waals surface area contributed by atoms with Crippen LogP contribution < -0.4 is 5.32 Å². The molecule has 0 radical (unpaired) electrons. The fourth-order valence-electron chi connectivity index (χ4n) is 1.33. The zero-order valence-corrected chi connectivity index (χ0v) is 10.3. The minimum Gasteiger partial charge on any atom is -0.310 e. The highest BCUT2D eigenvalue weighted by molar-refractivity contribution is 6.20. The van der Waals surface area contributed by atoms with Gasteiger partial charge >= 0.3 is 0 Å². The largest absolute Gasteiger partial charge is 0.310 e. The van der Waals surface area contributed by atoms with Gasteiger partial charge in [-0.05, 0) is 33.7 Å². The fourth-order valence-corrected chi connectivity index (χ4v) is 1.44. The molecule has 0 saturated carbocycles. The number of hydrogen-bond donors (Lipinski definition) is 1. The molecule has 1 rings (SSSR count). The SMILES string of the molecule is CC(Cl)CCNCc1ncnn1C(C)C. The predicted octanol–water partition coefficient (Wildman–Crippen LogP) is 1.97. The van der Waals surface area contributed by atoms with Gasteiger partial charge in [0.05, 0.1) is 6.54 Å². The van der Waals surface area contributed by atoms with Crippen molar-refractivity contribution in [3.8, 4) is 0 Å². The Hall–Kier alpha value is -0.610. The Morgan fingerprint density at radius 2 is 2.20 bits per heavy atom. The summed E-state index contributed by atoms with van der Waals surface area (Å²) in [7, 11) is 0. The monoisotopic (exact) mass is 230 g/mol. The summed E-state index contributed by atoms with van der Waals surface area (Å²) in [6, 6.07) is 0.358. The van der Waals surface area contributed by atoms with E-state index in [-0.39, 0.29) is 5.38 Å². The smallest absolute Gasteiger partial charge is 0.141 e. The van der Waals surface area contributed by atoms with Crippen molar-refractivity contribution in [2.24, 2.45) is 0 Å². The van der Waals surface area contributed by atoms with Crippen molar-refractivity contribution in [1.29, 1.82) is 0 Å². The molecule has 4 nitrogen and oxygen atoms in total. The molecule has 0 aliphatic rings. The van der Waals surface area contributed by atoms with E-state index in [9.17, 15) is 0 Å². The van der Waals surface area contributed by atoms with Gasteiger partial charge in [-0.25, -0.2) is 9.67 Å². The van der Waals surface area contributed by atoms with E-state index >= 15 is 0 Å². The van der Waals surface area contributed by atoms with Crippen LogP contribution in [0.1, 0.15) is 39.1 Å². The van der Waals surface area contributed by atoms with E-state index in [4.69, 9.17) is 11.6 Å². The number of alkyl halides is 1. The van der Waals surface area contributed by atoms with Crippen LogP contribution in [0, 0.1) is 0 Å². The average Bonchev–Trinajstić information content (AvgIpc) is 2.60. The first-order valence-corrected chi connectivity index (χ1v) is 5.78. The molecular weight excluding hydrogens is 212 g/mol. The van der Waals surface area contributed by atoms with Gasteiger partial charge in [0, 0.05) is 11.4 Å². The van der Waals surface area contributed by atoms with Crippen molar-refractivity contribution < 1.29 is 0 Å². The first-order valence-electron chi connectivity index (χ1n) is 5.34. The molecule has 0 aliphatic heterocycles. The second kappa shape index (κ2) is 6.08. The molecule has 0 aliphatic carbocycles. The first kappa shape index (κ1) is 12.5. The zero-order valence-electron chi connectivity index (χ0n) is 9.57. The third-order valence-electron chi connectivity index (χ3n) is 2.14. The molecule has 1 aromatic rings. The van der Waals surface area contributed by atoms with Crippen LogP contribution >= 0.6 is 11.6 Å². The molecule has 0 saturated heterocycles. The summed E-state index contributed by atoms with van der Waals surface area (Å²) in [5.74, 6) is 0.979. The van der Waals surface area contributed by atoms with Gasteiger partial charge in [-0.15, -0.1) is 11.6 Å². The third-order valence-corrected chi connectivity index (χ3v) is 2.36. The molecule has 0 bridgehead atoms. The number of rotatable bonds is 6. The molecule has 1 unspecified atom stereocenters. The lowest BCUT2D eigenvalue weighted by atomic mass is 10.3. The summed E-state index contributed by atoms with van der Waals surface area (Å²) in [5.41, 5.74) is 0. The van der Waals surface area contributed by atoms with E-state index in [1.54, 1.807) is 6.33 Å². The van der Waals surface area contributed by atoms with E-state index in [2.05, 4.69) is 29.2 Å². The maximum absolute atomic E-state index is 5.85. The van der Waals surface area contributed by atoms with Crippen LogP contribution in [0.25, 0.3) is 0 Å². The Labute approximate surface area is 96.0 Å². The first-order chi connectivity index (χ1) is 7.11. The highest BCUT2D eigenvalue weighted by Gasteiger charge is 2.06. The van der Waals surface area contributed by atoms with Crippen molar-refractivity contribution in [3.05, 3.63) is 12.2 Å². The van der Waals surface area contributed by atoms with Gasteiger partial charge in [0.15, 0.2) is 0 Å². The lowest BCUT2D eigenvalue weighted by Gasteiger charge is -2.10. The van der Waals surface area contributed by atoms with Crippen LogP contribution in [0.4, 0.5) is 0 Å². The van der Waals surface area contributed by atoms with Crippen LogP contribution in [-0.2, 0) is 6.54 Å². The quantitative estimate of drug-likeness (QED) is 0.600. The number of aromatic nitrogens is 3. The normalized spacial score (nSPS) is 13.4. The molecule has 5 heteroatoms. The molecule has 1 N–H and O–H groups in total. The molecule has 0 aromatic carbocycles. The maximum atomic E-state index is 5.85. The van der Waals surface area contributed by atoms with Gasteiger partial charge in [0.25, 0.3) is 0 Å². The predicted molar refractivity (Wildman–Crippen MR) is 62.0 cm³/mol. The van der Waals surface area contributed by atoms with Crippen molar-refractivity contribution in [3.63, 3.8) is 0 Å². The second-order valence-electron chi connectivity index (χ2n) is 3.96. The van der Waals surface area contributed by atoms with Gasteiger partial charge in [0.2, 0.25) is 0 Å². The molecule has 1 aromatic heterocycles. The van der Waals surface area contributed by atoms with Crippen molar-refractivity contribution >= 4 is 11.6 Å². The van der Waals surface area contributed by atoms with E-state index in [1.165, 1.54) is 0 Å². The number of nitrogens with zero attached hydrogens (tertiary/aromatic N) is 3. The highest BCUT2D eigenvalue weighted by Crippen LogP contribution is 2.04.